The summed E-state index contributed by atoms with van der Waals surface area (Å²) in [5.41, 5.74) is 0.838. The van der Waals surface area contributed by atoms with Crippen molar-refractivity contribution in [1.82, 2.24) is 10.2 Å². The molecule has 0 amide bonds. The van der Waals surface area contributed by atoms with Crippen LogP contribution in [0.5, 0.6) is 5.88 Å². The number of nitrogens with zero attached hydrogens (tertiary/aromatic N) is 1. The molecule has 1 aromatic heterocycles. The second-order valence-electron chi connectivity index (χ2n) is 2.07. The number of aliphatic carboxylic acids is 1. The molecule has 1 aromatic rings. The third-order valence-electron chi connectivity index (χ3n) is 1.03. The number of nitrogens with one attached hydrogen (secondary N) is 1. The van der Waals surface area contributed by atoms with E-state index in [-0.39, 0.29) is 6.61 Å². The van der Waals surface area contributed by atoms with Crippen LogP contribution < -0.4 is 4.74 Å². The number of rotatable bonds is 3. The van der Waals surface area contributed by atoms with Gasteiger partial charge in [-0.1, -0.05) is 0 Å². The summed E-state index contributed by atoms with van der Waals surface area (Å²) < 4.78 is 4.75. The average Bonchev–Trinajstić information content (AvgIpc) is 2.31. The molecule has 2 N–H and O–H groups in total. The number of aryl methyl sites for hydroxylation is 1. The number of carboxylic acids is 1. The van der Waals surface area contributed by atoms with Gasteiger partial charge in [-0.25, -0.2) is 4.79 Å². The molecule has 0 spiro atoms. The molecule has 0 fully saturated rings. The van der Waals surface area contributed by atoms with Crippen molar-refractivity contribution < 1.29 is 14.6 Å². The molecule has 0 aliphatic carbocycles. The zero-order valence-electron chi connectivity index (χ0n) is 6.00. The van der Waals surface area contributed by atoms with Crippen LogP contribution >= 0.6 is 0 Å². The van der Waals surface area contributed by atoms with Crippen LogP contribution in [-0.4, -0.2) is 27.9 Å². The molecule has 0 aromatic carbocycles. The molecule has 0 aliphatic rings. The molecular weight excluding hydrogens is 148 g/mol. The molecule has 5 nitrogen and oxygen atoms in total. The third-order valence-corrected chi connectivity index (χ3v) is 1.03. The smallest absolute Gasteiger partial charge is 0.341 e. The first-order valence-electron chi connectivity index (χ1n) is 3.05. The molecule has 0 radical (unpaired) electrons. The Morgan fingerprint density at radius 3 is 3.09 bits per heavy atom. The number of H-pyrrole nitrogens is 1. The lowest BCUT2D eigenvalue weighted by atomic mass is 10.5. The largest absolute Gasteiger partial charge is 0.479 e. The van der Waals surface area contributed by atoms with Gasteiger partial charge < -0.3 is 9.84 Å². The molecule has 0 unspecified atom stereocenters. The predicted molar refractivity (Wildman–Crippen MR) is 36.5 cm³/mol. The third kappa shape index (κ3) is 2.29. The van der Waals surface area contributed by atoms with Crippen LogP contribution in [0, 0.1) is 6.92 Å². The molecule has 60 valence electrons. The molecule has 0 bridgehead atoms. The van der Waals surface area contributed by atoms with Crippen molar-refractivity contribution >= 4 is 5.97 Å². The Morgan fingerprint density at radius 1 is 1.91 bits per heavy atom. The van der Waals surface area contributed by atoms with Crippen LogP contribution in [0.3, 0.4) is 0 Å². The van der Waals surface area contributed by atoms with E-state index in [2.05, 4.69) is 10.2 Å². The Labute approximate surface area is 63.0 Å². The molecule has 1 heterocycles. The van der Waals surface area contributed by atoms with E-state index in [1.807, 2.05) is 0 Å². The van der Waals surface area contributed by atoms with E-state index < -0.39 is 5.97 Å². The van der Waals surface area contributed by atoms with Crippen molar-refractivity contribution in [1.29, 1.82) is 0 Å². The maximum Gasteiger partial charge on any atom is 0.341 e. The fraction of sp³-hybridized carbons (Fsp3) is 0.333. The van der Waals surface area contributed by atoms with Gasteiger partial charge in [0.25, 0.3) is 0 Å². The van der Waals surface area contributed by atoms with E-state index in [4.69, 9.17) is 9.84 Å². The first-order valence-corrected chi connectivity index (χ1v) is 3.05. The van der Waals surface area contributed by atoms with Crippen molar-refractivity contribution in [2.75, 3.05) is 6.61 Å². The highest BCUT2D eigenvalue weighted by molar-refractivity contribution is 5.68. The maximum absolute atomic E-state index is 10.0. The van der Waals surface area contributed by atoms with Crippen molar-refractivity contribution in [2.45, 2.75) is 6.92 Å². The van der Waals surface area contributed by atoms with Crippen LogP contribution in [0.2, 0.25) is 0 Å². The zero-order valence-corrected chi connectivity index (χ0v) is 6.00. The summed E-state index contributed by atoms with van der Waals surface area (Å²) in [4.78, 5) is 10.0. The minimum absolute atomic E-state index is 0.310. The lowest BCUT2D eigenvalue weighted by Crippen LogP contribution is -2.09. The van der Waals surface area contributed by atoms with E-state index in [0.29, 0.717) is 5.88 Å². The van der Waals surface area contributed by atoms with Gasteiger partial charge in [-0.05, 0) is 6.92 Å². The number of carboxylic acid groups (broad SMARTS) is 1. The van der Waals surface area contributed by atoms with Gasteiger partial charge >= 0.3 is 5.97 Å². The van der Waals surface area contributed by atoms with Crippen LogP contribution in [0.25, 0.3) is 0 Å². The van der Waals surface area contributed by atoms with Gasteiger partial charge in [0, 0.05) is 11.8 Å². The number of hydrogen-bond acceptors (Lipinski definition) is 3. The van der Waals surface area contributed by atoms with Gasteiger partial charge in [0.1, 0.15) is 0 Å². The van der Waals surface area contributed by atoms with Gasteiger partial charge in [-0.3, -0.25) is 5.10 Å². The summed E-state index contributed by atoms with van der Waals surface area (Å²) in [5, 5.41) is 14.5. The van der Waals surface area contributed by atoms with E-state index >= 15 is 0 Å². The van der Waals surface area contributed by atoms with E-state index in [9.17, 15) is 4.79 Å². The molecule has 5 heteroatoms. The summed E-state index contributed by atoms with van der Waals surface area (Å²) >= 11 is 0. The van der Waals surface area contributed by atoms with Gasteiger partial charge in [0.15, 0.2) is 6.61 Å². The summed E-state index contributed by atoms with van der Waals surface area (Å²) in [6.45, 7) is 1.45. The Hall–Kier alpha value is -1.52. The summed E-state index contributed by atoms with van der Waals surface area (Å²) in [6.07, 6.45) is 0. The first-order chi connectivity index (χ1) is 5.18. The van der Waals surface area contributed by atoms with E-state index in [1.165, 1.54) is 0 Å². The minimum Gasteiger partial charge on any atom is -0.479 e. The number of carbonyl (C=O) groups is 1. The van der Waals surface area contributed by atoms with Crippen LogP contribution in [0.1, 0.15) is 5.69 Å². The second-order valence-corrected chi connectivity index (χ2v) is 2.07. The summed E-state index contributed by atoms with van der Waals surface area (Å²) in [5.74, 6) is -0.699. The highest BCUT2D eigenvalue weighted by Gasteiger charge is 2.00. The number of aromatic amines is 1. The second kappa shape index (κ2) is 3.05. The molecule has 0 atom stereocenters. The molecule has 11 heavy (non-hydrogen) atoms. The molecule has 1 rings (SSSR count). The van der Waals surface area contributed by atoms with Gasteiger partial charge in [-0.2, -0.15) is 0 Å². The van der Waals surface area contributed by atoms with Crippen molar-refractivity contribution in [2.24, 2.45) is 0 Å². The fourth-order valence-corrected chi connectivity index (χ4v) is 0.603. The molecule has 0 saturated carbocycles. The Kier molecular flexibility index (Phi) is 2.10. The predicted octanol–water partition coefficient (Wildman–Crippen LogP) is 0.182. The van der Waals surface area contributed by atoms with E-state index in [1.54, 1.807) is 13.0 Å². The summed E-state index contributed by atoms with van der Waals surface area (Å²) in [7, 11) is 0. The average molecular weight is 156 g/mol. The molecule has 0 saturated heterocycles. The van der Waals surface area contributed by atoms with E-state index in [0.717, 1.165) is 5.69 Å². The molecular formula is C6H8N2O3. The first kappa shape index (κ1) is 7.59. The fourth-order valence-electron chi connectivity index (χ4n) is 0.603. The van der Waals surface area contributed by atoms with Gasteiger partial charge in [-0.15, -0.1) is 5.10 Å². The number of ether oxygens (including phenoxy) is 1. The van der Waals surface area contributed by atoms with Crippen LogP contribution in [-0.2, 0) is 4.79 Å². The standard InChI is InChI=1S/C6H8N2O3/c1-4-2-5(8-7-4)11-3-6(9)10/h2H,3H2,1H3,(H,7,8)(H,9,10). The van der Waals surface area contributed by atoms with Crippen molar-refractivity contribution in [3.05, 3.63) is 11.8 Å². The van der Waals surface area contributed by atoms with Crippen LogP contribution in [0.15, 0.2) is 6.07 Å². The zero-order chi connectivity index (χ0) is 8.27. The number of aromatic nitrogens is 2. The quantitative estimate of drug-likeness (QED) is 0.654. The number of hydrogen-bond donors (Lipinski definition) is 2. The van der Waals surface area contributed by atoms with Crippen molar-refractivity contribution in [3.8, 4) is 5.88 Å². The topological polar surface area (TPSA) is 75.2 Å². The minimum atomic E-state index is -1.01. The highest BCUT2D eigenvalue weighted by atomic mass is 16.5. The van der Waals surface area contributed by atoms with Gasteiger partial charge in [0.2, 0.25) is 5.88 Å². The molecule has 0 aliphatic heterocycles. The van der Waals surface area contributed by atoms with Crippen molar-refractivity contribution in [3.63, 3.8) is 0 Å². The maximum atomic E-state index is 10.0. The Bertz CT molecular complexity index is 256. The monoisotopic (exact) mass is 156 g/mol. The lowest BCUT2D eigenvalue weighted by molar-refractivity contribution is -0.139. The summed E-state index contributed by atoms with van der Waals surface area (Å²) in [6, 6.07) is 1.63. The lowest BCUT2D eigenvalue weighted by Gasteiger charge is -1.94. The van der Waals surface area contributed by atoms with Crippen LogP contribution in [0.4, 0.5) is 0 Å². The van der Waals surface area contributed by atoms with Gasteiger partial charge in [0.05, 0.1) is 0 Å². The highest BCUT2D eigenvalue weighted by Crippen LogP contribution is 2.05. The normalized spacial score (nSPS) is 9.55. The SMILES string of the molecule is Cc1cc(OCC(=O)O)n[nH]1. The Balaban J connectivity index is 2.45. The Morgan fingerprint density at radius 2 is 2.64 bits per heavy atom.